The molecule has 0 amide bonds. The molecule has 124 valence electrons. The second-order valence-corrected chi connectivity index (χ2v) is 5.37. The van der Waals surface area contributed by atoms with E-state index in [2.05, 4.69) is 5.16 Å². The van der Waals surface area contributed by atoms with Gasteiger partial charge in [0.05, 0.1) is 17.2 Å². The molecule has 0 aliphatic carbocycles. The monoisotopic (exact) mass is 328 g/mol. The number of hydrogen-bond acceptors (Lipinski definition) is 6. The minimum Gasteiger partial charge on any atom is -0.482 e. The van der Waals surface area contributed by atoms with Crippen LogP contribution >= 0.6 is 0 Å². The van der Waals surface area contributed by atoms with Crippen LogP contribution in [0, 0.1) is 10.1 Å². The Balaban J connectivity index is 1.82. The van der Waals surface area contributed by atoms with Crippen molar-refractivity contribution >= 4 is 11.4 Å². The zero-order valence-electron chi connectivity index (χ0n) is 12.8. The van der Waals surface area contributed by atoms with Crippen LogP contribution in [0.3, 0.4) is 0 Å². The van der Waals surface area contributed by atoms with Gasteiger partial charge in [-0.15, -0.1) is 0 Å². The normalized spacial score (nSPS) is 16.4. The lowest BCUT2D eigenvalue weighted by Crippen LogP contribution is -2.13. The summed E-state index contributed by atoms with van der Waals surface area (Å²) in [5.74, 6) is 0.177. The summed E-state index contributed by atoms with van der Waals surface area (Å²) < 4.78 is 5.65. The van der Waals surface area contributed by atoms with Gasteiger partial charge in [-0.25, -0.2) is 0 Å². The van der Waals surface area contributed by atoms with E-state index in [1.807, 2.05) is 30.3 Å². The van der Waals surface area contributed by atoms with Gasteiger partial charge in [0.25, 0.3) is 0 Å². The first-order chi connectivity index (χ1) is 11.7. The molecular formula is C17H16N2O5. The molecule has 0 saturated carbocycles. The van der Waals surface area contributed by atoms with Gasteiger partial charge in [-0.3, -0.25) is 10.1 Å². The van der Waals surface area contributed by atoms with Crippen LogP contribution in [0.2, 0.25) is 0 Å². The molecule has 0 bridgehead atoms. The predicted molar refractivity (Wildman–Crippen MR) is 87.0 cm³/mol. The quantitative estimate of drug-likeness (QED) is 0.650. The third kappa shape index (κ3) is 3.52. The number of nitro groups is 1. The maximum absolute atomic E-state index is 11.2. The summed E-state index contributed by atoms with van der Waals surface area (Å²) in [6.45, 7) is 0.102. The van der Waals surface area contributed by atoms with E-state index in [0.717, 1.165) is 5.56 Å². The third-order valence-corrected chi connectivity index (χ3v) is 3.66. The van der Waals surface area contributed by atoms with E-state index in [1.54, 1.807) is 12.1 Å². The minimum absolute atomic E-state index is 0.104. The van der Waals surface area contributed by atoms with E-state index in [4.69, 9.17) is 14.7 Å². The molecule has 1 N–H and O–H groups in total. The maximum atomic E-state index is 11.2. The molecule has 0 aromatic heterocycles. The second-order valence-electron chi connectivity index (χ2n) is 5.37. The van der Waals surface area contributed by atoms with Crippen LogP contribution in [-0.4, -0.2) is 28.5 Å². The van der Waals surface area contributed by atoms with Crippen LogP contribution in [0.25, 0.3) is 0 Å². The van der Waals surface area contributed by atoms with Crippen molar-refractivity contribution in [1.29, 1.82) is 0 Å². The molecule has 0 fully saturated rings. The highest BCUT2D eigenvalue weighted by Gasteiger charge is 2.24. The van der Waals surface area contributed by atoms with Crippen molar-refractivity contribution in [3.05, 3.63) is 69.8 Å². The minimum atomic E-state index is -0.479. The van der Waals surface area contributed by atoms with Gasteiger partial charge in [-0.1, -0.05) is 35.5 Å². The van der Waals surface area contributed by atoms with Gasteiger partial charge in [-0.2, -0.15) is 0 Å². The Morgan fingerprint density at radius 2 is 2.08 bits per heavy atom. The molecule has 7 nitrogen and oxygen atoms in total. The van der Waals surface area contributed by atoms with Gasteiger partial charge >= 0.3 is 5.69 Å². The molecule has 1 unspecified atom stereocenters. The van der Waals surface area contributed by atoms with Crippen LogP contribution in [0.1, 0.15) is 17.5 Å². The van der Waals surface area contributed by atoms with Crippen LogP contribution in [0.5, 0.6) is 5.75 Å². The number of nitro benzene ring substituents is 1. The van der Waals surface area contributed by atoms with Gasteiger partial charge in [0.1, 0.15) is 6.61 Å². The van der Waals surface area contributed by atoms with Crippen molar-refractivity contribution in [2.24, 2.45) is 5.16 Å². The Morgan fingerprint density at radius 1 is 1.29 bits per heavy atom. The zero-order valence-corrected chi connectivity index (χ0v) is 12.8. The highest BCUT2D eigenvalue weighted by atomic mass is 16.6. The number of ether oxygens (including phenoxy) is 1. The van der Waals surface area contributed by atoms with Crippen molar-refractivity contribution in [1.82, 2.24) is 0 Å². The molecule has 0 spiro atoms. The van der Waals surface area contributed by atoms with Crippen LogP contribution in [-0.2, 0) is 11.4 Å². The van der Waals surface area contributed by atoms with Gasteiger partial charge in [0, 0.05) is 18.1 Å². The number of oxime groups is 1. The average Bonchev–Trinajstić information content (AvgIpc) is 3.09. The summed E-state index contributed by atoms with van der Waals surface area (Å²) >= 11 is 0. The van der Waals surface area contributed by atoms with Gasteiger partial charge in [0.2, 0.25) is 0 Å². The molecule has 7 heteroatoms. The topological polar surface area (TPSA) is 94.2 Å². The molecule has 1 heterocycles. The fourth-order valence-corrected chi connectivity index (χ4v) is 2.39. The molecule has 0 radical (unpaired) electrons. The Morgan fingerprint density at radius 3 is 2.75 bits per heavy atom. The van der Waals surface area contributed by atoms with E-state index in [1.165, 1.54) is 6.07 Å². The molecule has 24 heavy (non-hydrogen) atoms. The van der Waals surface area contributed by atoms with E-state index in [0.29, 0.717) is 17.7 Å². The van der Waals surface area contributed by atoms with Crippen molar-refractivity contribution in [2.45, 2.75) is 19.1 Å². The second kappa shape index (κ2) is 7.10. The average molecular weight is 328 g/mol. The van der Waals surface area contributed by atoms with Gasteiger partial charge in [0.15, 0.2) is 11.9 Å². The molecule has 3 rings (SSSR count). The summed E-state index contributed by atoms with van der Waals surface area (Å²) in [6.07, 6.45) is 0.0794. The number of benzene rings is 2. The Bertz CT molecular complexity index is 761. The van der Waals surface area contributed by atoms with Crippen molar-refractivity contribution in [2.75, 3.05) is 6.61 Å². The summed E-state index contributed by atoms with van der Waals surface area (Å²) in [7, 11) is 0. The van der Waals surface area contributed by atoms with Crippen molar-refractivity contribution < 1.29 is 19.6 Å². The lowest BCUT2D eigenvalue weighted by atomic mass is 10.0. The van der Waals surface area contributed by atoms with Gasteiger partial charge < -0.3 is 14.7 Å². The maximum Gasteiger partial charge on any atom is 0.310 e. The largest absolute Gasteiger partial charge is 0.482 e. The van der Waals surface area contributed by atoms with Crippen LogP contribution in [0.4, 0.5) is 5.69 Å². The highest BCUT2D eigenvalue weighted by Crippen LogP contribution is 2.30. The molecule has 1 aliphatic heterocycles. The first-order valence-electron chi connectivity index (χ1n) is 7.46. The number of rotatable bonds is 6. The number of hydrogen-bond donors (Lipinski definition) is 1. The zero-order chi connectivity index (χ0) is 16.9. The number of aliphatic hydroxyl groups is 1. The summed E-state index contributed by atoms with van der Waals surface area (Å²) in [4.78, 5) is 15.8. The summed E-state index contributed by atoms with van der Waals surface area (Å²) in [5.41, 5.74) is 2.13. The van der Waals surface area contributed by atoms with E-state index < -0.39 is 4.92 Å². The predicted octanol–water partition coefficient (Wildman–Crippen LogP) is 2.66. The lowest BCUT2D eigenvalue weighted by molar-refractivity contribution is -0.385. The standard InChI is InChI=1S/C17H16N2O5/c20-10-14-9-15(18-24-14)13-6-7-16(19(21)22)17(8-13)23-11-12-4-2-1-3-5-12/h1-8,14,20H,9-11H2. The van der Waals surface area contributed by atoms with Crippen molar-refractivity contribution in [3.63, 3.8) is 0 Å². The Hall–Kier alpha value is -2.93. The third-order valence-electron chi connectivity index (χ3n) is 3.66. The SMILES string of the molecule is O=[N+]([O-])c1ccc(C2=NOC(CO)C2)cc1OCc1ccccc1. The highest BCUT2D eigenvalue weighted by molar-refractivity contribution is 6.01. The van der Waals surface area contributed by atoms with Gasteiger partial charge in [-0.05, 0) is 17.7 Å². The fourth-order valence-electron chi connectivity index (χ4n) is 2.39. The fraction of sp³-hybridized carbons (Fsp3) is 0.235. The van der Waals surface area contributed by atoms with Crippen LogP contribution < -0.4 is 4.74 Å². The first-order valence-corrected chi connectivity index (χ1v) is 7.46. The molecule has 2 aromatic carbocycles. The molecule has 1 atom stereocenters. The smallest absolute Gasteiger partial charge is 0.310 e. The lowest BCUT2D eigenvalue weighted by Gasteiger charge is -2.09. The number of aliphatic hydroxyl groups excluding tert-OH is 1. The first kappa shape index (κ1) is 15.9. The molecule has 1 aliphatic rings. The summed E-state index contributed by atoms with van der Waals surface area (Å²) in [5, 5.41) is 24.2. The summed E-state index contributed by atoms with van der Waals surface area (Å²) in [6, 6.07) is 14.0. The van der Waals surface area contributed by atoms with E-state index in [9.17, 15) is 10.1 Å². The van der Waals surface area contributed by atoms with E-state index >= 15 is 0 Å². The molecule has 2 aromatic rings. The number of nitrogens with zero attached hydrogens (tertiary/aromatic N) is 2. The Kier molecular flexibility index (Phi) is 4.72. The Labute approximate surface area is 138 Å². The van der Waals surface area contributed by atoms with Crippen molar-refractivity contribution in [3.8, 4) is 5.75 Å². The van der Waals surface area contributed by atoms with E-state index in [-0.39, 0.29) is 30.8 Å². The van der Waals surface area contributed by atoms with Crippen LogP contribution in [0.15, 0.2) is 53.7 Å². The molecular weight excluding hydrogens is 312 g/mol. The molecule has 0 saturated heterocycles.